The Morgan fingerprint density at radius 1 is 1.00 bits per heavy atom. The molecular weight excluding hydrogens is 260 g/mol. The van der Waals surface area contributed by atoms with E-state index in [-0.39, 0.29) is 0 Å². The van der Waals surface area contributed by atoms with Gasteiger partial charge in [-0.1, -0.05) is 31.4 Å². The molecule has 1 aliphatic heterocycles. The van der Waals surface area contributed by atoms with E-state index < -0.39 is 0 Å². The van der Waals surface area contributed by atoms with Crippen LogP contribution in [-0.4, -0.2) is 44.7 Å². The highest BCUT2D eigenvalue weighted by Crippen LogP contribution is 2.29. The summed E-state index contributed by atoms with van der Waals surface area (Å²) in [6.45, 7) is 5.93. The Hall–Kier alpha value is -1.22. The normalized spacial score (nSPS) is 21.5. The quantitative estimate of drug-likeness (QED) is 0.844. The standard InChI is InChI=1S/C18H28N2O/c1-21-18-10-6-5-9-17(18)20-13-11-19(12-14-20)15-16-7-3-2-4-8-16/h5-6,9-10,16H,2-4,7-8,11-15H2,1H3. The molecule has 2 fully saturated rings. The van der Waals surface area contributed by atoms with Crippen molar-refractivity contribution in [2.24, 2.45) is 5.92 Å². The fourth-order valence-corrected chi connectivity index (χ4v) is 3.80. The largest absolute Gasteiger partial charge is 0.495 e. The maximum absolute atomic E-state index is 5.49. The Kier molecular flexibility index (Phi) is 5.02. The third-order valence-corrected chi connectivity index (χ3v) is 5.04. The molecule has 3 nitrogen and oxygen atoms in total. The van der Waals surface area contributed by atoms with E-state index in [4.69, 9.17) is 4.74 Å². The predicted octanol–water partition coefficient (Wildman–Crippen LogP) is 3.40. The molecule has 0 atom stereocenters. The van der Waals surface area contributed by atoms with E-state index in [1.54, 1.807) is 7.11 Å². The molecule has 21 heavy (non-hydrogen) atoms. The second-order valence-corrected chi connectivity index (χ2v) is 6.46. The van der Waals surface area contributed by atoms with Crippen LogP contribution in [0.4, 0.5) is 5.69 Å². The van der Waals surface area contributed by atoms with Gasteiger partial charge in [-0.3, -0.25) is 4.90 Å². The molecule has 0 amide bonds. The summed E-state index contributed by atoms with van der Waals surface area (Å²) in [5.41, 5.74) is 1.25. The lowest BCUT2D eigenvalue weighted by Gasteiger charge is -2.38. The summed E-state index contributed by atoms with van der Waals surface area (Å²) in [6.07, 6.45) is 7.26. The van der Waals surface area contributed by atoms with E-state index in [2.05, 4.69) is 28.0 Å². The van der Waals surface area contributed by atoms with Gasteiger partial charge in [0.05, 0.1) is 12.8 Å². The first kappa shape index (κ1) is 14.7. The van der Waals surface area contributed by atoms with Crippen LogP contribution in [-0.2, 0) is 0 Å². The van der Waals surface area contributed by atoms with Crippen molar-refractivity contribution in [1.82, 2.24) is 4.90 Å². The lowest BCUT2D eigenvalue weighted by atomic mass is 9.89. The van der Waals surface area contributed by atoms with E-state index in [0.717, 1.165) is 24.8 Å². The number of rotatable bonds is 4. The van der Waals surface area contributed by atoms with E-state index in [1.165, 1.54) is 57.4 Å². The van der Waals surface area contributed by atoms with Crippen molar-refractivity contribution in [2.45, 2.75) is 32.1 Å². The van der Waals surface area contributed by atoms with Gasteiger partial charge in [0, 0.05) is 32.7 Å². The average molecular weight is 288 g/mol. The van der Waals surface area contributed by atoms with E-state index in [0.29, 0.717) is 0 Å². The maximum Gasteiger partial charge on any atom is 0.142 e. The van der Waals surface area contributed by atoms with E-state index in [9.17, 15) is 0 Å². The van der Waals surface area contributed by atoms with Gasteiger partial charge in [0.25, 0.3) is 0 Å². The van der Waals surface area contributed by atoms with Gasteiger partial charge in [0.1, 0.15) is 5.75 Å². The van der Waals surface area contributed by atoms with Crippen LogP contribution in [0.5, 0.6) is 5.75 Å². The lowest BCUT2D eigenvalue weighted by molar-refractivity contribution is 0.192. The van der Waals surface area contributed by atoms with Crippen molar-refractivity contribution in [3.8, 4) is 5.75 Å². The lowest BCUT2D eigenvalue weighted by Crippen LogP contribution is -2.48. The SMILES string of the molecule is COc1ccccc1N1CCN(CC2CCCCC2)CC1. The zero-order chi connectivity index (χ0) is 14.5. The molecule has 1 saturated heterocycles. The highest BCUT2D eigenvalue weighted by molar-refractivity contribution is 5.58. The van der Waals surface area contributed by atoms with Crippen molar-refractivity contribution in [3.63, 3.8) is 0 Å². The molecular formula is C18H28N2O. The fraction of sp³-hybridized carbons (Fsp3) is 0.667. The molecule has 0 aromatic heterocycles. The second-order valence-electron chi connectivity index (χ2n) is 6.46. The zero-order valence-corrected chi connectivity index (χ0v) is 13.3. The van der Waals surface area contributed by atoms with Crippen LogP contribution in [0.1, 0.15) is 32.1 Å². The number of anilines is 1. The van der Waals surface area contributed by atoms with Gasteiger partial charge in [-0.25, -0.2) is 0 Å². The number of para-hydroxylation sites is 2. The van der Waals surface area contributed by atoms with E-state index >= 15 is 0 Å². The van der Waals surface area contributed by atoms with Crippen LogP contribution in [0.15, 0.2) is 24.3 Å². The van der Waals surface area contributed by atoms with Gasteiger partial charge in [-0.05, 0) is 30.9 Å². The Bertz CT molecular complexity index is 435. The van der Waals surface area contributed by atoms with Crippen LogP contribution < -0.4 is 9.64 Å². The average Bonchev–Trinajstić information content (AvgIpc) is 2.56. The van der Waals surface area contributed by atoms with Gasteiger partial charge in [-0.15, -0.1) is 0 Å². The first-order valence-corrected chi connectivity index (χ1v) is 8.47. The number of hydrogen-bond acceptors (Lipinski definition) is 3. The summed E-state index contributed by atoms with van der Waals surface area (Å²) < 4.78 is 5.49. The molecule has 2 aliphatic rings. The van der Waals surface area contributed by atoms with Gasteiger partial charge < -0.3 is 9.64 Å². The van der Waals surface area contributed by atoms with Crippen molar-refractivity contribution in [3.05, 3.63) is 24.3 Å². The second kappa shape index (κ2) is 7.17. The molecule has 116 valence electrons. The number of piperazine rings is 1. The molecule has 1 saturated carbocycles. The first-order chi connectivity index (χ1) is 10.4. The number of ether oxygens (including phenoxy) is 1. The Balaban J connectivity index is 1.52. The summed E-state index contributed by atoms with van der Waals surface area (Å²) in [5, 5.41) is 0. The highest BCUT2D eigenvalue weighted by atomic mass is 16.5. The number of nitrogens with zero attached hydrogens (tertiary/aromatic N) is 2. The van der Waals surface area contributed by atoms with Crippen LogP contribution in [0.2, 0.25) is 0 Å². The van der Waals surface area contributed by atoms with Gasteiger partial charge in [0.15, 0.2) is 0 Å². The topological polar surface area (TPSA) is 15.7 Å². The zero-order valence-electron chi connectivity index (χ0n) is 13.3. The minimum absolute atomic E-state index is 0.955. The molecule has 0 spiro atoms. The monoisotopic (exact) mass is 288 g/mol. The molecule has 1 aliphatic carbocycles. The summed E-state index contributed by atoms with van der Waals surface area (Å²) in [7, 11) is 1.76. The summed E-state index contributed by atoms with van der Waals surface area (Å²) in [5.74, 6) is 1.95. The predicted molar refractivity (Wildman–Crippen MR) is 88.2 cm³/mol. The molecule has 1 heterocycles. The van der Waals surface area contributed by atoms with Gasteiger partial charge in [0.2, 0.25) is 0 Å². The first-order valence-electron chi connectivity index (χ1n) is 8.47. The molecule has 1 aromatic rings. The van der Waals surface area contributed by atoms with Crippen molar-refractivity contribution in [1.29, 1.82) is 0 Å². The Morgan fingerprint density at radius 3 is 2.43 bits per heavy atom. The third-order valence-electron chi connectivity index (χ3n) is 5.04. The minimum atomic E-state index is 0.955. The minimum Gasteiger partial charge on any atom is -0.495 e. The maximum atomic E-state index is 5.49. The molecule has 3 rings (SSSR count). The molecule has 0 N–H and O–H groups in total. The number of hydrogen-bond donors (Lipinski definition) is 0. The van der Waals surface area contributed by atoms with Crippen molar-refractivity contribution >= 4 is 5.69 Å². The third kappa shape index (κ3) is 3.70. The van der Waals surface area contributed by atoms with Crippen LogP contribution >= 0.6 is 0 Å². The van der Waals surface area contributed by atoms with Gasteiger partial charge >= 0.3 is 0 Å². The Morgan fingerprint density at radius 2 is 1.71 bits per heavy atom. The van der Waals surface area contributed by atoms with Crippen LogP contribution in [0.25, 0.3) is 0 Å². The van der Waals surface area contributed by atoms with E-state index in [1.807, 2.05) is 6.07 Å². The van der Waals surface area contributed by atoms with Crippen molar-refractivity contribution in [2.75, 3.05) is 44.7 Å². The summed E-state index contributed by atoms with van der Waals surface area (Å²) >= 11 is 0. The van der Waals surface area contributed by atoms with Crippen LogP contribution in [0, 0.1) is 5.92 Å². The molecule has 3 heteroatoms. The molecule has 1 aromatic carbocycles. The summed E-state index contributed by atoms with van der Waals surface area (Å²) in [6, 6.07) is 8.38. The fourth-order valence-electron chi connectivity index (χ4n) is 3.80. The molecule has 0 unspecified atom stereocenters. The number of benzene rings is 1. The van der Waals surface area contributed by atoms with Crippen LogP contribution in [0.3, 0.4) is 0 Å². The summed E-state index contributed by atoms with van der Waals surface area (Å²) in [4.78, 5) is 5.14. The molecule has 0 bridgehead atoms. The Labute approximate surface area is 128 Å². The van der Waals surface area contributed by atoms with Gasteiger partial charge in [-0.2, -0.15) is 0 Å². The van der Waals surface area contributed by atoms with Crippen molar-refractivity contribution < 1.29 is 4.74 Å². The molecule has 0 radical (unpaired) electrons. The highest BCUT2D eigenvalue weighted by Gasteiger charge is 2.22. The smallest absolute Gasteiger partial charge is 0.142 e. The number of methoxy groups -OCH3 is 1.